The third kappa shape index (κ3) is 15.0. The van der Waals surface area contributed by atoms with E-state index in [9.17, 15) is 19.2 Å². The zero-order valence-electron chi connectivity index (χ0n) is 13.6. The van der Waals surface area contributed by atoms with Crippen LogP contribution in [0.15, 0.2) is 0 Å². The van der Waals surface area contributed by atoms with Crippen molar-refractivity contribution in [3.63, 3.8) is 0 Å². The van der Waals surface area contributed by atoms with E-state index < -0.39 is 43.1 Å². The lowest BCUT2D eigenvalue weighted by atomic mass is 10.2. The molecule has 25 heavy (non-hydrogen) atoms. The Bertz CT molecular complexity index is 391. The minimum atomic E-state index is -1.19. The Hall–Kier alpha value is -2.32. The van der Waals surface area contributed by atoms with Gasteiger partial charge in [-0.15, -0.1) is 0 Å². The molecule has 0 aliphatic carbocycles. The predicted octanol–water partition coefficient (Wildman–Crippen LogP) is -3.42. The molecule has 0 heterocycles. The number of hydrogen-bond donors (Lipinski definition) is 4. The molecule has 0 aromatic carbocycles. The van der Waals surface area contributed by atoms with Crippen LogP contribution in [0.3, 0.4) is 0 Å². The van der Waals surface area contributed by atoms with Crippen molar-refractivity contribution >= 4 is 23.9 Å². The topological polar surface area (TPSA) is 250 Å². The van der Waals surface area contributed by atoms with Crippen LogP contribution in [-0.2, 0) is 19.2 Å². The molecule has 13 nitrogen and oxygen atoms in total. The van der Waals surface area contributed by atoms with Crippen molar-refractivity contribution < 1.29 is 56.0 Å². The first-order valence-electron chi connectivity index (χ1n) is 6.48. The molecule has 0 aromatic rings. The summed E-state index contributed by atoms with van der Waals surface area (Å²) >= 11 is 0. The summed E-state index contributed by atoms with van der Waals surface area (Å²) in [7, 11) is 0. The van der Waals surface area contributed by atoms with Crippen molar-refractivity contribution in [1.29, 1.82) is 0 Å². The van der Waals surface area contributed by atoms with E-state index in [2.05, 4.69) is 0 Å². The Morgan fingerprint density at radius 1 is 0.680 bits per heavy atom. The summed E-state index contributed by atoms with van der Waals surface area (Å²) in [5.74, 6) is -4.60. The van der Waals surface area contributed by atoms with E-state index in [0.717, 1.165) is 0 Å². The number of rotatable bonds is 12. The van der Waals surface area contributed by atoms with Gasteiger partial charge in [0.2, 0.25) is 0 Å². The maximum atomic E-state index is 10.9. The third-order valence-electron chi connectivity index (χ3n) is 2.96. The fraction of sp³-hybridized carbons (Fsp3) is 0.667. The molecule has 0 spiro atoms. The summed E-state index contributed by atoms with van der Waals surface area (Å²) in [4.78, 5) is 45.5. The van der Waals surface area contributed by atoms with Crippen LogP contribution in [0.5, 0.6) is 0 Å². The van der Waals surface area contributed by atoms with Gasteiger partial charge in [-0.25, -0.2) is 0 Å². The fourth-order valence-corrected chi connectivity index (χ4v) is 1.85. The Morgan fingerprint density at radius 3 is 1.16 bits per heavy atom. The zero-order valence-corrected chi connectivity index (χ0v) is 13.6. The van der Waals surface area contributed by atoms with Gasteiger partial charge >= 0.3 is 23.9 Å². The van der Waals surface area contributed by atoms with Gasteiger partial charge in [0.15, 0.2) is 0 Å². The monoisotopic (exact) mass is 374 g/mol. The average molecular weight is 374 g/mol. The van der Waals surface area contributed by atoms with Gasteiger partial charge in [0.25, 0.3) is 0 Å². The molecule has 10 N–H and O–H groups in total. The molecule has 0 saturated heterocycles. The van der Waals surface area contributed by atoms with Crippen LogP contribution in [0.25, 0.3) is 0 Å². The maximum absolute atomic E-state index is 10.9. The SMILES string of the molecule is CC(N(CCC(=O)O)CC(=O)O)N(CCC(=O)O)CC(=O)O.O.O.O. The molecule has 0 aliphatic heterocycles. The van der Waals surface area contributed by atoms with Crippen LogP contribution in [0, 0.1) is 0 Å². The molecule has 0 radical (unpaired) electrons. The molecule has 0 aliphatic rings. The Kier molecular flexibility index (Phi) is 18.6. The Morgan fingerprint density at radius 2 is 0.960 bits per heavy atom. The second-order valence-electron chi connectivity index (χ2n) is 4.65. The first-order valence-corrected chi connectivity index (χ1v) is 6.48. The first-order chi connectivity index (χ1) is 10.1. The van der Waals surface area contributed by atoms with Crippen LogP contribution in [0.1, 0.15) is 19.8 Å². The first kappa shape index (κ1) is 30.5. The van der Waals surface area contributed by atoms with E-state index in [1.807, 2.05) is 0 Å². The van der Waals surface area contributed by atoms with Crippen molar-refractivity contribution in [3.8, 4) is 0 Å². The number of carboxylic acid groups (broad SMARTS) is 4. The fourth-order valence-electron chi connectivity index (χ4n) is 1.85. The van der Waals surface area contributed by atoms with Gasteiger partial charge in [-0.1, -0.05) is 0 Å². The van der Waals surface area contributed by atoms with Crippen molar-refractivity contribution in [2.75, 3.05) is 26.2 Å². The smallest absolute Gasteiger partial charge is 0.317 e. The van der Waals surface area contributed by atoms with Crippen molar-refractivity contribution in [2.24, 2.45) is 0 Å². The van der Waals surface area contributed by atoms with Gasteiger partial charge in [0.1, 0.15) is 0 Å². The van der Waals surface area contributed by atoms with Crippen LogP contribution in [0.4, 0.5) is 0 Å². The van der Waals surface area contributed by atoms with Gasteiger partial charge in [0, 0.05) is 13.1 Å². The maximum Gasteiger partial charge on any atom is 0.317 e. The van der Waals surface area contributed by atoms with Gasteiger partial charge in [-0.05, 0) is 6.92 Å². The van der Waals surface area contributed by atoms with Crippen molar-refractivity contribution in [3.05, 3.63) is 0 Å². The minimum Gasteiger partial charge on any atom is -0.481 e. The standard InChI is InChI=1S/C12H20N2O8.3H2O/c1-8(13(6-11(19)20)4-2-9(15)16)14(7-12(21)22)5-3-10(17)18;;;/h8H,2-7H2,1H3,(H,15,16)(H,17,18)(H,19,20)(H,21,22);3*1H2. The average Bonchev–Trinajstić information content (AvgIpc) is 2.37. The summed E-state index contributed by atoms with van der Waals surface area (Å²) in [5.41, 5.74) is 0. The number of carboxylic acids is 4. The van der Waals surface area contributed by atoms with Crippen LogP contribution >= 0.6 is 0 Å². The molecular formula is C12H26N2O11. The Labute approximate surface area is 143 Å². The molecule has 13 heteroatoms. The quantitative estimate of drug-likeness (QED) is 0.246. The summed E-state index contributed by atoms with van der Waals surface area (Å²) in [5, 5.41) is 35.1. The lowest BCUT2D eigenvalue weighted by Gasteiger charge is -2.35. The number of nitrogens with zero attached hydrogens (tertiary/aromatic N) is 2. The van der Waals surface area contributed by atoms with Crippen molar-refractivity contribution in [1.82, 2.24) is 9.80 Å². The minimum absolute atomic E-state index is 0. The predicted molar refractivity (Wildman–Crippen MR) is 83.2 cm³/mol. The molecule has 0 bridgehead atoms. The summed E-state index contributed by atoms with van der Waals surface area (Å²) in [6, 6.07) is 0. The second kappa shape index (κ2) is 15.2. The highest BCUT2D eigenvalue weighted by Crippen LogP contribution is 2.08. The highest BCUT2D eigenvalue weighted by Gasteiger charge is 2.25. The van der Waals surface area contributed by atoms with Gasteiger partial charge in [-0.3, -0.25) is 29.0 Å². The summed E-state index contributed by atoms with van der Waals surface area (Å²) in [6.45, 7) is 0.378. The van der Waals surface area contributed by atoms with Crippen LogP contribution in [0.2, 0.25) is 0 Å². The molecule has 0 unspecified atom stereocenters. The molecule has 0 saturated carbocycles. The number of carbonyl (C=O) groups is 4. The lowest BCUT2D eigenvalue weighted by Crippen LogP contribution is -2.51. The van der Waals surface area contributed by atoms with Gasteiger partial charge in [0.05, 0.1) is 32.1 Å². The molecule has 0 aromatic heterocycles. The number of aliphatic carboxylic acids is 4. The molecular weight excluding hydrogens is 348 g/mol. The molecule has 0 fully saturated rings. The van der Waals surface area contributed by atoms with E-state index in [1.54, 1.807) is 0 Å². The highest BCUT2D eigenvalue weighted by atomic mass is 16.4. The van der Waals surface area contributed by atoms with Crippen molar-refractivity contribution in [2.45, 2.75) is 25.9 Å². The normalized spacial score (nSPS) is 9.76. The van der Waals surface area contributed by atoms with E-state index in [-0.39, 0.29) is 42.4 Å². The largest absolute Gasteiger partial charge is 0.481 e. The lowest BCUT2D eigenvalue weighted by molar-refractivity contribution is -0.146. The van der Waals surface area contributed by atoms with Gasteiger partial charge in [-0.2, -0.15) is 0 Å². The summed E-state index contributed by atoms with van der Waals surface area (Å²) in [6.07, 6.45) is -1.35. The number of hydrogen-bond acceptors (Lipinski definition) is 6. The van der Waals surface area contributed by atoms with E-state index in [0.29, 0.717) is 0 Å². The zero-order chi connectivity index (χ0) is 17.3. The van der Waals surface area contributed by atoms with E-state index >= 15 is 0 Å². The molecule has 0 amide bonds. The Balaban J connectivity index is -0.000000735. The second-order valence-corrected chi connectivity index (χ2v) is 4.65. The van der Waals surface area contributed by atoms with Crippen LogP contribution < -0.4 is 0 Å². The van der Waals surface area contributed by atoms with E-state index in [4.69, 9.17) is 20.4 Å². The molecule has 0 rings (SSSR count). The summed E-state index contributed by atoms with van der Waals surface area (Å²) < 4.78 is 0. The van der Waals surface area contributed by atoms with Crippen LogP contribution in [-0.4, -0.2) is 103 Å². The molecule has 150 valence electrons. The highest BCUT2D eigenvalue weighted by molar-refractivity contribution is 5.70. The third-order valence-corrected chi connectivity index (χ3v) is 2.96. The van der Waals surface area contributed by atoms with Gasteiger partial charge < -0.3 is 36.9 Å². The molecule has 0 atom stereocenters. The van der Waals surface area contributed by atoms with E-state index in [1.165, 1.54) is 16.7 Å².